The van der Waals surface area contributed by atoms with Gasteiger partial charge in [0.1, 0.15) is 42.2 Å². The highest BCUT2D eigenvalue weighted by Crippen LogP contribution is 2.43. The maximum atomic E-state index is 12.7. The van der Waals surface area contributed by atoms with Crippen molar-refractivity contribution in [2.24, 2.45) is 0 Å². The van der Waals surface area contributed by atoms with Gasteiger partial charge in [0.05, 0.1) is 44.2 Å². The van der Waals surface area contributed by atoms with Crippen molar-refractivity contribution in [3.05, 3.63) is 152 Å². The van der Waals surface area contributed by atoms with Crippen LogP contribution in [-0.4, -0.2) is 75.5 Å². The first-order valence-corrected chi connectivity index (χ1v) is 17.2. The zero-order chi connectivity index (χ0) is 38.5. The normalized spacial score (nSPS) is 18.4. The molecule has 55 heavy (non-hydrogen) atoms. The SMILES string of the molecule is COc1ccc(C(OC[C@H]2O[C@@H](n3cnc4c(=O)[nH]c(N)nc43)[C@H](OCOCc3ccccc3[N+](=O)[O-])[C@@H]2O)(c2ccccc2)c2ccc(OC)cc2)cc1. The largest absolute Gasteiger partial charge is 0.497 e. The number of nitrogens with two attached hydrogens (primary N) is 1. The van der Waals surface area contributed by atoms with Crippen molar-refractivity contribution in [3.63, 3.8) is 0 Å². The topological polar surface area (TPSA) is 208 Å². The molecule has 4 atom stereocenters. The number of rotatable bonds is 15. The Hall–Kier alpha value is -6.17. The molecule has 0 saturated carbocycles. The van der Waals surface area contributed by atoms with Crippen molar-refractivity contribution in [2.45, 2.75) is 36.7 Å². The van der Waals surface area contributed by atoms with Crippen LogP contribution in [-0.2, 0) is 31.2 Å². The van der Waals surface area contributed by atoms with Gasteiger partial charge in [-0.1, -0.05) is 66.7 Å². The van der Waals surface area contributed by atoms with Gasteiger partial charge >= 0.3 is 0 Å². The van der Waals surface area contributed by atoms with Gasteiger partial charge in [-0.15, -0.1) is 0 Å². The standard InChI is InChI=1S/C39H38N6O10/c1-50-28-16-12-26(13-17-28)39(25-9-4-3-5-10-25,27-14-18-29(51-2)19-15-27)54-21-31-33(46)34(53-23-52-20-24-8-6-7-11-30(24)45(48)49)37(55-31)44-22-41-32-35(44)42-38(40)43-36(32)47/h3-19,22,31,33-34,37,46H,20-21,23H2,1-2H3,(H3,40,42,43,47)/t31-,33-,34-,37-/m1/s1. The van der Waals surface area contributed by atoms with E-state index in [0.29, 0.717) is 17.1 Å². The molecule has 6 aromatic rings. The fourth-order valence-corrected chi connectivity index (χ4v) is 6.76. The lowest BCUT2D eigenvalue weighted by molar-refractivity contribution is -0.386. The van der Waals surface area contributed by atoms with Crippen LogP contribution < -0.4 is 20.8 Å². The summed E-state index contributed by atoms with van der Waals surface area (Å²) in [4.78, 5) is 34.6. The lowest BCUT2D eigenvalue weighted by Crippen LogP contribution is -2.40. The zero-order valence-electron chi connectivity index (χ0n) is 29.8. The first-order chi connectivity index (χ1) is 26.7. The van der Waals surface area contributed by atoms with Crippen LogP contribution in [0.5, 0.6) is 11.5 Å². The van der Waals surface area contributed by atoms with Crippen molar-refractivity contribution in [2.75, 3.05) is 33.4 Å². The molecule has 0 aliphatic carbocycles. The van der Waals surface area contributed by atoms with Crippen molar-refractivity contribution < 1.29 is 38.5 Å². The summed E-state index contributed by atoms with van der Waals surface area (Å²) in [6.07, 6.45) is -3.20. The van der Waals surface area contributed by atoms with Crippen LogP contribution in [0.25, 0.3) is 11.2 Å². The number of fused-ring (bicyclic) bond motifs is 1. The number of hydrogen-bond donors (Lipinski definition) is 3. The first kappa shape index (κ1) is 37.2. The van der Waals surface area contributed by atoms with Gasteiger partial charge in [-0.25, -0.2) is 4.98 Å². The molecule has 1 fully saturated rings. The number of anilines is 1. The minimum Gasteiger partial charge on any atom is -0.497 e. The number of nitrogens with one attached hydrogen (secondary N) is 1. The summed E-state index contributed by atoms with van der Waals surface area (Å²) in [5, 5.41) is 23.5. The number of aromatic nitrogens is 4. The number of aliphatic hydroxyl groups is 1. The Labute approximate surface area is 314 Å². The molecule has 284 valence electrons. The van der Waals surface area contributed by atoms with Crippen LogP contribution >= 0.6 is 0 Å². The summed E-state index contributed by atoms with van der Waals surface area (Å²) in [6, 6.07) is 30.9. The summed E-state index contributed by atoms with van der Waals surface area (Å²) in [7, 11) is 3.18. The Bertz CT molecular complexity index is 2250. The number of nitrogen functional groups attached to an aromatic ring is 1. The van der Waals surface area contributed by atoms with E-state index in [1.807, 2.05) is 78.9 Å². The minimum absolute atomic E-state index is 0.000447. The molecule has 2 aromatic heterocycles. The van der Waals surface area contributed by atoms with Gasteiger partial charge < -0.3 is 39.3 Å². The van der Waals surface area contributed by atoms with E-state index in [1.165, 1.54) is 17.0 Å². The quantitative estimate of drug-likeness (QED) is 0.0436. The summed E-state index contributed by atoms with van der Waals surface area (Å²) in [5.74, 6) is 1.17. The van der Waals surface area contributed by atoms with E-state index in [-0.39, 0.29) is 42.8 Å². The van der Waals surface area contributed by atoms with Gasteiger partial charge in [-0.05, 0) is 47.0 Å². The van der Waals surface area contributed by atoms with Gasteiger partial charge in [0.2, 0.25) is 5.95 Å². The minimum atomic E-state index is -1.32. The van der Waals surface area contributed by atoms with E-state index in [4.69, 9.17) is 34.2 Å². The third-order valence-corrected chi connectivity index (χ3v) is 9.46. The summed E-state index contributed by atoms with van der Waals surface area (Å²) < 4.78 is 37.7. The Balaban J connectivity index is 1.23. The Morgan fingerprint density at radius 2 is 1.55 bits per heavy atom. The van der Waals surface area contributed by atoms with Crippen molar-refractivity contribution in [1.29, 1.82) is 0 Å². The van der Waals surface area contributed by atoms with Gasteiger partial charge in [0.15, 0.2) is 17.4 Å². The molecule has 0 spiro atoms. The predicted molar refractivity (Wildman–Crippen MR) is 198 cm³/mol. The molecule has 4 N–H and O–H groups in total. The van der Waals surface area contributed by atoms with Crippen LogP contribution in [0.3, 0.4) is 0 Å². The molecular formula is C39H38N6O10. The molecule has 0 amide bonds. The number of para-hydroxylation sites is 1. The second kappa shape index (κ2) is 16.1. The fourth-order valence-electron chi connectivity index (χ4n) is 6.76. The van der Waals surface area contributed by atoms with Gasteiger partial charge in [0, 0.05) is 6.07 Å². The molecule has 0 bridgehead atoms. The van der Waals surface area contributed by atoms with E-state index in [1.54, 1.807) is 32.4 Å². The summed E-state index contributed by atoms with van der Waals surface area (Å²) in [6.45, 7) is -0.678. The van der Waals surface area contributed by atoms with Crippen LogP contribution in [0.1, 0.15) is 28.5 Å². The van der Waals surface area contributed by atoms with E-state index >= 15 is 0 Å². The molecule has 1 aliphatic rings. The predicted octanol–water partition coefficient (Wildman–Crippen LogP) is 4.45. The molecule has 16 nitrogen and oxygen atoms in total. The van der Waals surface area contributed by atoms with Crippen molar-refractivity contribution in [3.8, 4) is 11.5 Å². The third-order valence-electron chi connectivity index (χ3n) is 9.46. The molecule has 4 aromatic carbocycles. The number of nitro groups is 1. The number of nitrogens with zero attached hydrogens (tertiary/aromatic N) is 4. The Morgan fingerprint density at radius 3 is 2.18 bits per heavy atom. The first-order valence-electron chi connectivity index (χ1n) is 17.2. The number of hydrogen-bond acceptors (Lipinski definition) is 13. The van der Waals surface area contributed by atoms with E-state index in [0.717, 1.165) is 16.7 Å². The van der Waals surface area contributed by atoms with Crippen molar-refractivity contribution >= 4 is 22.8 Å². The lowest BCUT2D eigenvalue weighted by atomic mass is 9.80. The molecule has 0 unspecified atom stereocenters. The van der Waals surface area contributed by atoms with E-state index in [2.05, 4.69) is 15.0 Å². The third kappa shape index (κ3) is 7.36. The number of methoxy groups -OCH3 is 2. The fraction of sp³-hybridized carbons (Fsp3) is 0.256. The maximum absolute atomic E-state index is 12.7. The molecular weight excluding hydrogens is 712 g/mol. The Kier molecular flexibility index (Phi) is 10.8. The van der Waals surface area contributed by atoms with Crippen LogP contribution in [0.15, 0.2) is 114 Å². The monoisotopic (exact) mass is 750 g/mol. The molecule has 1 aliphatic heterocycles. The molecule has 16 heteroatoms. The average Bonchev–Trinajstić information content (AvgIpc) is 3.77. The van der Waals surface area contributed by atoms with E-state index < -0.39 is 40.6 Å². The average molecular weight is 751 g/mol. The Morgan fingerprint density at radius 1 is 0.927 bits per heavy atom. The number of nitro benzene ring substituents is 1. The zero-order valence-corrected chi connectivity index (χ0v) is 29.8. The number of benzene rings is 4. The summed E-state index contributed by atoms with van der Waals surface area (Å²) in [5.41, 5.74) is 6.78. The van der Waals surface area contributed by atoms with Crippen LogP contribution in [0.2, 0.25) is 0 Å². The number of ether oxygens (including phenoxy) is 6. The lowest BCUT2D eigenvalue weighted by Gasteiger charge is -2.37. The highest BCUT2D eigenvalue weighted by molar-refractivity contribution is 5.70. The van der Waals surface area contributed by atoms with E-state index in [9.17, 15) is 20.0 Å². The number of aliphatic hydroxyl groups excluding tert-OH is 1. The molecule has 1 saturated heterocycles. The van der Waals surface area contributed by atoms with Gasteiger partial charge in [0.25, 0.3) is 11.2 Å². The van der Waals surface area contributed by atoms with Gasteiger partial charge in [-0.3, -0.25) is 24.5 Å². The van der Waals surface area contributed by atoms with Crippen LogP contribution in [0, 0.1) is 10.1 Å². The van der Waals surface area contributed by atoms with Crippen molar-refractivity contribution in [1.82, 2.24) is 19.5 Å². The molecule has 3 heterocycles. The smallest absolute Gasteiger partial charge is 0.280 e. The molecule has 0 radical (unpaired) electrons. The maximum Gasteiger partial charge on any atom is 0.280 e. The summed E-state index contributed by atoms with van der Waals surface area (Å²) >= 11 is 0. The number of aromatic amines is 1. The van der Waals surface area contributed by atoms with Gasteiger partial charge in [-0.2, -0.15) is 4.98 Å². The number of imidazole rings is 1. The highest BCUT2D eigenvalue weighted by Gasteiger charge is 2.48. The molecule has 7 rings (SSSR count). The second-order valence-corrected chi connectivity index (χ2v) is 12.6. The number of H-pyrrole nitrogens is 1. The van der Waals surface area contributed by atoms with Crippen LogP contribution in [0.4, 0.5) is 11.6 Å². The highest BCUT2D eigenvalue weighted by atomic mass is 16.7. The second-order valence-electron chi connectivity index (χ2n) is 12.6.